The molecule has 1 fully saturated rings. The van der Waals surface area contributed by atoms with E-state index in [1.54, 1.807) is 11.3 Å². The first-order valence-corrected chi connectivity index (χ1v) is 9.94. The van der Waals surface area contributed by atoms with Gasteiger partial charge >= 0.3 is 0 Å². The number of hydrogen-bond donors (Lipinski definition) is 0. The van der Waals surface area contributed by atoms with Gasteiger partial charge in [0.1, 0.15) is 0 Å². The third-order valence-corrected chi connectivity index (χ3v) is 5.64. The van der Waals surface area contributed by atoms with Crippen LogP contribution in [-0.2, 0) is 11.2 Å². The number of thiazole rings is 1. The number of anilines is 1. The minimum Gasteiger partial charge on any atom is -0.368 e. The summed E-state index contributed by atoms with van der Waals surface area (Å²) in [6.45, 7) is 9.85. The predicted molar refractivity (Wildman–Crippen MR) is 104 cm³/mol. The van der Waals surface area contributed by atoms with Gasteiger partial charge in [0.05, 0.1) is 10.7 Å². The standard InChI is InChI=1S/C20H27N3OS/c1-15(2)18-14-25-19(21-18)7-8-20(24)23-11-9-22(10-12-23)17-6-4-5-16(3)13-17/h4-6,13-15H,7-12H2,1-3H3. The summed E-state index contributed by atoms with van der Waals surface area (Å²) in [6.07, 6.45) is 1.32. The molecule has 134 valence electrons. The highest BCUT2D eigenvalue weighted by molar-refractivity contribution is 7.09. The number of carbonyl (C=O) groups excluding carboxylic acids is 1. The molecule has 1 aliphatic rings. The van der Waals surface area contributed by atoms with E-state index in [9.17, 15) is 4.79 Å². The minimum atomic E-state index is 0.255. The van der Waals surface area contributed by atoms with E-state index in [1.807, 2.05) is 4.90 Å². The fourth-order valence-electron chi connectivity index (χ4n) is 3.12. The molecule has 0 aliphatic carbocycles. The van der Waals surface area contributed by atoms with Gasteiger partial charge in [-0.15, -0.1) is 11.3 Å². The number of hydrogen-bond acceptors (Lipinski definition) is 4. The summed E-state index contributed by atoms with van der Waals surface area (Å²) >= 11 is 1.68. The monoisotopic (exact) mass is 357 g/mol. The van der Waals surface area contributed by atoms with E-state index in [-0.39, 0.29) is 5.91 Å². The SMILES string of the molecule is Cc1cccc(N2CCN(C(=O)CCc3nc(C(C)C)cs3)CC2)c1. The van der Waals surface area contributed by atoms with Crippen LogP contribution in [0.2, 0.25) is 0 Å². The Labute approximate surface area is 154 Å². The van der Waals surface area contributed by atoms with Gasteiger partial charge in [-0.25, -0.2) is 4.98 Å². The molecule has 0 saturated carbocycles. The van der Waals surface area contributed by atoms with E-state index in [4.69, 9.17) is 0 Å². The summed E-state index contributed by atoms with van der Waals surface area (Å²) in [6, 6.07) is 8.58. The van der Waals surface area contributed by atoms with Crippen molar-refractivity contribution in [2.24, 2.45) is 0 Å². The van der Waals surface area contributed by atoms with Gasteiger partial charge in [-0.2, -0.15) is 0 Å². The van der Waals surface area contributed by atoms with Crippen LogP contribution in [0.5, 0.6) is 0 Å². The molecule has 1 aliphatic heterocycles. The molecule has 4 nitrogen and oxygen atoms in total. The van der Waals surface area contributed by atoms with Gasteiger partial charge in [-0.1, -0.05) is 26.0 Å². The molecule has 1 aromatic heterocycles. The maximum Gasteiger partial charge on any atom is 0.223 e. The van der Waals surface area contributed by atoms with Crippen molar-refractivity contribution in [1.29, 1.82) is 0 Å². The molecule has 0 spiro atoms. The second-order valence-electron chi connectivity index (χ2n) is 7.03. The van der Waals surface area contributed by atoms with Crippen LogP contribution in [0.1, 0.15) is 42.5 Å². The van der Waals surface area contributed by atoms with Crippen LogP contribution < -0.4 is 4.90 Å². The van der Waals surface area contributed by atoms with Crippen molar-refractivity contribution in [2.45, 2.75) is 39.5 Å². The van der Waals surface area contributed by atoms with E-state index in [0.717, 1.165) is 43.3 Å². The van der Waals surface area contributed by atoms with Crippen molar-refractivity contribution in [3.8, 4) is 0 Å². The lowest BCUT2D eigenvalue weighted by Gasteiger charge is -2.36. The smallest absolute Gasteiger partial charge is 0.223 e. The minimum absolute atomic E-state index is 0.255. The fraction of sp³-hybridized carbons (Fsp3) is 0.500. The molecule has 0 atom stereocenters. The molecule has 2 heterocycles. The van der Waals surface area contributed by atoms with E-state index in [0.29, 0.717) is 12.3 Å². The first-order chi connectivity index (χ1) is 12.0. The van der Waals surface area contributed by atoms with Crippen molar-refractivity contribution < 1.29 is 4.79 Å². The highest BCUT2D eigenvalue weighted by Gasteiger charge is 2.21. The maximum atomic E-state index is 12.5. The number of rotatable bonds is 5. The molecule has 5 heteroatoms. The Balaban J connectivity index is 1.48. The van der Waals surface area contributed by atoms with Crippen LogP contribution in [0.25, 0.3) is 0 Å². The number of aromatic nitrogens is 1. The molecular formula is C20H27N3OS. The van der Waals surface area contributed by atoms with Gasteiger partial charge in [-0.05, 0) is 30.5 Å². The Bertz CT molecular complexity index is 717. The van der Waals surface area contributed by atoms with Gasteiger partial charge in [0, 0.05) is 50.1 Å². The molecule has 25 heavy (non-hydrogen) atoms. The maximum absolute atomic E-state index is 12.5. The zero-order valence-corrected chi connectivity index (χ0v) is 16.2. The number of nitrogens with zero attached hydrogens (tertiary/aromatic N) is 3. The summed E-state index contributed by atoms with van der Waals surface area (Å²) in [4.78, 5) is 21.5. The largest absolute Gasteiger partial charge is 0.368 e. The van der Waals surface area contributed by atoms with Crippen molar-refractivity contribution in [1.82, 2.24) is 9.88 Å². The van der Waals surface area contributed by atoms with Crippen molar-refractivity contribution in [3.63, 3.8) is 0 Å². The van der Waals surface area contributed by atoms with Crippen LogP contribution in [0.3, 0.4) is 0 Å². The average molecular weight is 358 g/mol. The number of carbonyl (C=O) groups is 1. The molecule has 3 rings (SSSR count). The summed E-state index contributed by atoms with van der Waals surface area (Å²) in [7, 11) is 0. The van der Waals surface area contributed by atoms with Crippen LogP contribution in [0.15, 0.2) is 29.6 Å². The summed E-state index contributed by atoms with van der Waals surface area (Å²) < 4.78 is 0. The molecule has 0 N–H and O–H groups in total. The molecule has 0 unspecified atom stereocenters. The number of aryl methyl sites for hydroxylation is 2. The van der Waals surface area contributed by atoms with Gasteiger partial charge in [0.2, 0.25) is 5.91 Å². The van der Waals surface area contributed by atoms with Crippen LogP contribution in [-0.4, -0.2) is 42.0 Å². The van der Waals surface area contributed by atoms with Gasteiger partial charge in [-0.3, -0.25) is 4.79 Å². The molecule has 2 aromatic rings. The third kappa shape index (κ3) is 4.60. The molecule has 0 bridgehead atoms. The van der Waals surface area contributed by atoms with E-state index < -0.39 is 0 Å². The molecule has 1 saturated heterocycles. The first-order valence-electron chi connectivity index (χ1n) is 9.06. The van der Waals surface area contributed by atoms with Crippen molar-refractivity contribution in [2.75, 3.05) is 31.1 Å². The number of benzene rings is 1. The second kappa shape index (κ2) is 8.00. The zero-order chi connectivity index (χ0) is 17.8. The number of amides is 1. The summed E-state index contributed by atoms with van der Waals surface area (Å²) in [5, 5.41) is 3.20. The van der Waals surface area contributed by atoms with E-state index >= 15 is 0 Å². The lowest BCUT2D eigenvalue weighted by molar-refractivity contribution is -0.131. The Morgan fingerprint density at radius 2 is 2.00 bits per heavy atom. The first kappa shape index (κ1) is 17.9. The third-order valence-electron chi connectivity index (χ3n) is 4.71. The normalized spacial score (nSPS) is 15.0. The highest BCUT2D eigenvalue weighted by Crippen LogP contribution is 2.20. The highest BCUT2D eigenvalue weighted by atomic mass is 32.1. The summed E-state index contributed by atoms with van der Waals surface area (Å²) in [5.41, 5.74) is 3.68. The average Bonchev–Trinajstić information content (AvgIpc) is 3.09. The lowest BCUT2D eigenvalue weighted by Crippen LogP contribution is -2.48. The number of piperazine rings is 1. The van der Waals surface area contributed by atoms with Crippen molar-refractivity contribution in [3.05, 3.63) is 45.9 Å². The Morgan fingerprint density at radius 3 is 2.64 bits per heavy atom. The van der Waals surface area contributed by atoms with Gasteiger partial charge in [0.25, 0.3) is 0 Å². The van der Waals surface area contributed by atoms with Gasteiger partial charge in [0.15, 0.2) is 0 Å². The van der Waals surface area contributed by atoms with E-state index in [2.05, 4.69) is 60.3 Å². The fourth-order valence-corrected chi connectivity index (χ4v) is 4.08. The molecule has 1 amide bonds. The van der Waals surface area contributed by atoms with Crippen LogP contribution in [0.4, 0.5) is 5.69 Å². The Hall–Kier alpha value is -1.88. The summed E-state index contributed by atoms with van der Waals surface area (Å²) in [5.74, 6) is 0.709. The second-order valence-corrected chi connectivity index (χ2v) is 7.97. The zero-order valence-electron chi connectivity index (χ0n) is 15.4. The van der Waals surface area contributed by atoms with Crippen molar-refractivity contribution >= 4 is 22.9 Å². The van der Waals surface area contributed by atoms with Gasteiger partial charge < -0.3 is 9.80 Å². The Kier molecular flexibility index (Phi) is 5.74. The van der Waals surface area contributed by atoms with Crippen LogP contribution >= 0.6 is 11.3 Å². The quantitative estimate of drug-likeness (QED) is 0.815. The lowest BCUT2D eigenvalue weighted by atomic mass is 10.1. The topological polar surface area (TPSA) is 36.4 Å². The Morgan fingerprint density at radius 1 is 1.24 bits per heavy atom. The van der Waals surface area contributed by atoms with Crippen LogP contribution in [0, 0.1) is 6.92 Å². The van der Waals surface area contributed by atoms with E-state index in [1.165, 1.54) is 11.3 Å². The molecule has 1 aromatic carbocycles. The molecule has 0 radical (unpaired) electrons. The molecular weight excluding hydrogens is 330 g/mol. The predicted octanol–water partition coefficient (Wildman–Crippen LogP) is 3.86.